The largest absolute Gasteiger partial charge is 0.491 e. The fourth-order valence-corrected chi connectivity index (χ4v) is 3.34. The van der Waals surface area contributed by atoms with E-state index < -0.39 is 0 Å². The van der Waals surface area contributed by atoms with Crippen LogP contribution in [0.15, 0.2) is 60.7 Å². The Morgan fingerprint density at radius 1 is 1.17 bits per heavy atom. The molecule has 0 radical (unpaired) electrons. The summed E-state index contributed by atoms with van der Waals surface area (Å²) in [5.41, 5.74) is 3.76. The van der Waals surface area contributed by atoms with E-state index in [9.17, 15) is 4.79 Å². The Morgan fingerprint density at radius 2 is 1.90 bits per heavy atom. The van der Waals surface area contributed by atoms with Crippen LogP contribution in [0.25, 0.3) is 11.0 Å². The minimum atomic E-state index is -0.124. The van der Waals surface area contributed by atoms with Crippen LogP contribution in [-0.2, 0) is 17.8 Å². The fourth-order valence-electron chi connectivity index (χ4n) is 3.34. The Kier molecular flexibility index (Phi) is 6.70. The molecule has 0 aliphatic heterocycles. The van der Waals surface area contributed by atoms with E-state index in [0.29, 0.717) is 37.6 Å². The maximum Gasteiger partial charge on any atom is 0.246 e. The standard InChI is InChI=1S/C24H29N3O2/c1-17(2)19-9-5-8-12-22(19)29-16-15-27-21-11-7-6-10-20(21)26-23(27)13-14-25-24(28)18(3)4/h5-12,17H,3,13-16H2,1-2,4H3,(H,25,28). The number of fused-ring (bicyclic) bond motifs is 1. The lowest BCUT2D eigenvalue weighted by Crippen LogP contribution is -2.27. The van der Waals surface area contributed by atoms with Crippen molar-refractivity contribution in [3.8, 4) is 5.75 Å². The maximum atomic E-state index is 11.7. The number of ether oxygens (including phenoxy) is 1. The van der Waals surface area contributed by atoms with Crippen LogP contribution in [-0.4, -0.2) is 28.6 Å². The highest BCUT2D eigenvalue weighted by atomic mass is 16.5. The number of imidazole rings is 1. The summed E-state index contributed by atoms with van der Waals surface area (Å²) in [7, 11) is 0. The van der Waals surface area contributed by atoms with Crippen LogP contribution in [0.4, 0.5) is 0 Å². The summed E-state index contributed by atoms with van der Waals surface area (Å²) >= 11 is 0. The second-order valence-electron chi connectivity index (χ2n) is 7.50. The van der Waals surface area contributed by atoms with Crippen molar-refractivity contribution in [2.45, 2.75) is 39.7 Å². The normalized spacial score (nSPS) is 11.0. The first-order valence-electron chi connectivity index (χ1n) is 10.1. The summed E-state index contributed by atoms with van der Waals surface area (Å²) in [6.45, 7) is 11.5. The van der Waals surface area contributed by atoms with Gasteiger partial charge in [-0.15, -0.1) is 0 Å². The summed E-state index contributed by atoms with van der Waals surface area (Å²) in [6.07, 6.45) is 0.649. The van der Waals surface area contributed by atoms with Crippen molar-refractivity contribution in [1.29, 1.82) is 0 Å². The minimum Gasteiger partial charge on any atom is -0.491 e. The maximum absolute atomic E-state index is 11.7. The molecule has 0 bridgehead atoms. The molecule has 1 amide bonds. The van der Waals surface area contributed by atoms with Crippen molar-refractivity contribution in [3.63, 3.8) is 0 Å². The predicted octanol–water partition coefficient (Wildman–Crippen LogP) is 4.47. The molecule has 1 aromatic heterocycles. The first kappa shape index (κ1) is 20.6. The lowest BCUT2D eigenvalue weighted by atomic mass is 10.0. The molecule has 5 heteroatoms. The summed E-state index contributed by atoms with van der Waals surface area (Å²) in [6, 6.07) is 16.3. The van der Waals surface area contributed by atoms with Gasteiger partial charge in [0.15, 0.2) is 0 Å². The number of hydrogen-bond acceptors (Lipinski definition) is 3. The second kappa shape index (κ2) is 9.41. The number of aromatic nitrogens is 2. The Balaban J connectivity index is 1.72. The molecule has 0 aliphatic rings. The number of para-hydroxylation sites is 3. The van der Waals surface area contributed by atoms with Crippen LogP contribution in [0.3, 0.4) is 0 Å². The zero-order chi connectivity index (χ0) is 20.8. The molecular formula is C24H29N3O2. The molecule has 2 aromatic carbocycles. The molecule has 3 rings (SSSR count). The summed E-state index contributed by atoms with van der Waals surface area (Å²) in [5, 5.41) is 2.88. The molecule has 152 valence electrons. The van der Waals surface area contributed by atoms with Crippen molar-refractivity contribution in [3.05, 3.63) is 72.1 Å². The van der Waals surface area contributed by atoms with Gasteiger partial charge in [-0.3, -0.25) is 4.79 Å². The summed E-state index contributed by atoms with van der Waals surface area (Å²) in [4.78, 5) is 16.5. The topological polar surface area (TPSA) is 56.2 Å². The molecule has 0 unspecified atom stereocenters. The van der Waals surface area contributed by atoms with Gasteiger partial charge in [0, 0.05) is 18.5 Å². The highest BCUT2D eigenvalue weighted by Crippen LogP contribution is 2.26. The molecule has 0 saturated heterocycles. The number of carbonyl (C=O) groups is 1. The number of nitrogens with one attached hydrogen (secondary N) is 1. The van der Waals surface area contributed by atoms with Gasteiger partial charge in [0.05, 0.1) is 17.6 Å². The van der Waals surface area contributed by atoms with Crippen molar-refractivity contribution >= 4 is 16.9 Å². The van der Waals surface area contributed by atoms with E-state index in [4.69, 9.17) is 9.72 Å². The van der Waals surface area contributed by atoms with Gasteiger partial charge in [0.25, 0.3) is 0 Å². The third-order valence-electron chi connectivity index (χ3n) is 4.87. The lowest BCUT2D eigenvalue weighted by Gasteiger charge is -2.15. The van der Waals surface area contributed by atoms with Gasteiger partial charge in [-0.1, -0.05) is 50.8 Å². The van der Waals surface area contributed by atoms with Gasteiger partial charge in [0.2, 0.25) is 5.91 Å². The average molecular weight is 392 g/mol. The smallest absolute Gasteiger partial charge is 0.246 e. The number of rotatable bonds is 9. The van der Waals surface area contributed by atoms with E-state index in [1.54, 1.807) is 6.92 Å². The van der Waals surface area contributed by atoms with E-state index in [0.717, 1.165) is 22.6 Å². The molecule has 3 aromatic rings. The molecule has 0 spiro atoms. The molecule has 5 nitrogen and oxygen atoms in total. The summed E-state index contributed by atoms with van der Waals surface area (Å²) in [5.74, 6) is 2.16. The molecule has 1 heterocycles. The van der Waals surface area contributed by atoms with Crippen LogP contribution in [0.2, 0.25) is 0 Å². The third-order valence-corrected chi connectivity index (χ3v) is 4.87. The van der Waals surface area contributed by atoms with Crippen LogP contribution in [0, 0.1) is 0 Å². The molecular weight excluding hydrogens is 362 g/mol. The van der Waals surface area contributed by atoms with Crippen LogP contribution in [0.1, 0.15) is 38.1 Å². The van der Waals surface area contributed by atoms with Gasteiger partial charge in [-0.25, -0.2) is 4.98 Å². The fraction of sp³-hybridized carbons (Fsp3) is 0.333. The molecule has 0 saturated carbocycles. The minimum absolute atomic E-state index is 0.124. The second-order valence-corrected chi connectivity index (χ2v) is 7.50. The van der Waals surface area contributed by atoms with E-state index in [1.807, 2.05) is 36.4 Å². The van der Waals surface area contributed by atoms with Gasteiger partial charge in [-0.05, 0) is 36.6 Å². The van der Waals surface area contributed by atoms with E-state index in [2.05, 4.69) is 42.4 Å². The van der Waals surface area contributed by atoms with Gasteiger partial charge in [0.1, 0.15) is 18.2 Å². The summed E-state index contributed by atoms with van der Waals surface area (Å²) < 4.78 is 8.30. The number of carbonyl (C=O) groups excluding carboxylic acids is 1. The van der Waals surface area contributed by atoms with Gasteiger partial charge in [-0.2, -0.15) is 0 Å². The average Bonchev–Trinajstić information content (AvgIpc) is 3.05. The lowest BCUT2D eigenvalue weighted by molar-refractivity contribution is -0.117. The molecule has 0 aliphatic carbocycles. The Labute approximate surface area is 172 Å². The van der Waals surface area contributed by atoms with E-state index in [1.165, 1.54) is 5.56 Å². The van der Waals surface area contributed by atoms with Crippen LogP contribution in [0.5, 0.6) is 5.75 Å². The quantitative estimate of drug-likeness (QED) is 0.548. The first-order chi connectivity index (χ1) is 14.0. The Hall–Kier alpha value is -3.08. The van der Waals surface area contributed by atoms with Crippen LogP contribution >= 0.6 is 0 Å². The third kappa shape index (κ3) is 5.05. The molecule has 0 fully saturated rings. The van der Waals surface area contributed by atoms with Crippen molar-refractivity contribution in [2.24, 2.45) is 0 Å². The van der Waals surface area contributed by atoms with Crippen molar-refractivity contribution in [2.75, 3.05) is 13.2 Å². The van der Waals surface area contributed by atoms with E-state index in [-0.39, 0.29) is 5.91 Å². The monoisotopic (exact) mass is 391 g/mol. The molecule has 0 atom stereocenters. The highest BCUT2D eigenvalue weighted by Gasteiger charge is 2.12. The van der Waals surface area contributed by atoms with Crippen molar-refractivity contribution in [1.82, 2.24) is 14.9 Å². The number of amides is 1. The van der Waals surface area contributed by atoms with E-state index >= 15 is 0 Å². The van der Waals surface area contributed by atoms with Gasteiger partial charge >= 0.3 is 0 Å². The SMILES string of the molecule is C=C(C)C(=O)NCCc1nc2ccccc2n1CCOc1ccccc1C(C)C. The number of nitrogens with zero attached hydrogens (tertiary/aromatic N) is 2. The van der Waals surface area contributed by atoms with Crippen LogP contribution < -0.4 is 10.1 Å². The Bertz CT molecular complexity index is 1000. The molecule has 29 heavy (non-hydrogen) atoms. The number of hydrogen-bond donors (Lipinski definition) is 1. The molecule has 1 N–H and O–H groups in total. The zero-order valence-electron chi connectivity index (χ0n) is 17.4. The zero-order valence-corrected chi connectivity index (χ0v) is 17.4. The predicted molar refractivity (Wildman–Crippen MR) is 117 cm³/mol. The van der Waals surface area contributed by atoms with Crippen molar-refractivity contribution < 1.29 is 9.53 Å². The van der Waals surface area contributed by atoms with Gasteiger partial charge < -0.3 is 14.6 Å². The number of benzene rings is 2. The first-order valence-corrected chi connectivity index (χ1v) is 10.1. The highest BCUT2D eigenvalue weighted by molar-refractivity contribution is 5.92. The Morgan fingerprint density at radius 3 is 2.66 bits per heavy atom.